The summed E-state index contributed by atoms with van der Waals surface area (Å²) < 4.78 is 25.1. The van der Waals surface area contributed by atoms with Crippen molar-refractivity contribution < 1.29 is 43.5 Å². The smallest absolute Gasteiger partial charge is 0.331 e. The van der Waals surface area contributed by atoms with Gasteiger partial charge >= 0.3 is 5.97 Å². The number of benzene rings is 1. The van der Waals surface area contributed by atoms with Crippen molar-refractivity contribution in [1.82, 2.24) is 5.32 Å². The van der Waals surface area contributed by atoms with Crippen LogP contribution in [-0.2, 0) is 28.5 Å². The molecule has 4 aliphatic carbocycles. The minimum Gasteiger partial charge on any atom is -0.458 e. The van der Waals surface area contributed by atoms with Crippen molar-refractivity contribution in [3.8, 4) is 0 Å². The first-order chi connectivity index (χ1) is 23.9. The molecule has 270 valence electrons. The maximum absolute atomic E-state index is 13.6. The number of cyclic esters (lactones) is 1. The Kier molecular flexibility index (Phi) is 7.88. The molecule has 1 aromatic rings. The standard InChI is InChI=1S/C39H49NO9S/c1-22-17-38(40-26(20-50-38)16-30(42)23-6-4-3-5-7-23)39(45)34(47-22)48-31-15-25-8-9-29-28(36(25,21-41)18-32(31)49-39)10-12-35(2)27(11-13-37(29,35)44)24-14-33(43)46-19-24/h3-7,14,21-22,25-29,31-32,34,40,44-45H,8-13,15-20H2,1-2H3/t22-,25+,26+,27-,28+,29-,31-,32-,34+,35-,36-,37+,38+,39-/m1/s1. The van der Waals surface area contributed by atoms with Gasteiger partial charge in [0.1, 0.15) is 17.8 Å². The summed E-state index contributed by atoms with van der Waals surface area (Å²) in [7, 11) is 0. The highest BCUT2D eigenvalue weighted by atomic mass is 32.2. The summed E-state index contributed by atoms with van der Waals surface area (Å²) in [4.78, 5) is 37.8. The molecule has 9 rings (SSSR count). The summed E-state index contributed by atoms with van der Waals surface area (Å²) in [5.41, 5.74) is -0.411. The molecule has 11 heteroatoms. The molecule has 0 bridgehead atoms. The Morgan fingerprint density at radius 3 is 2.62 bits per heavy atom. The number of Topliss-reactive ketones (excluding diaryl/α,β-unsaturated/α-hetero) is 1. The van der Waals surface area contributed by atoms with E-state index in [-0.39, 0.29) is 53.7 Å². The van der Waals surface area contributed by atoms with E-state index in [9.17, 15) is 24.6 Å². The maximum atomic E-state index is 13.6. The van der Waals surface area contributed by atoms with Crippen molar-refractivity contribution in [2.45, 2.75) is 125 Å². The molecule has 4 aliphatic heterocycles. The largest absolute Gasteiger partial charge is 0.458 e. The van der Waals surface area contributed by atoms with E-state index in [0.717, 1.165) is 44.0 Å². The number of esters is 1. The van der Waals surface area contributed by atoms with Crippen LogP contribution in [0.2, 0.25) is 0 Å². The van der Waals surface area contributed by atoms with Gasteiger partial charge in [-0.15, -0.1) is 11.8 Å². The van der Waals surface area contributed by atoms with Gasteiger partial charge in [-0.05, 0) is 87.5 Å². The van der Waals surface area contributed by atoms with Crippen molar-refractivity contribution in [2.75, 3.05) is 12.4 Å². The van der Waals surface area contributed by atoms with Crippen LogP contribution < -0.4 is 5.32 Å². The molecule has 1 spiro atoms. The lowest BCUT2D eigenvalue weighted by atomic mass is 9.42. The normalized spacial score (nSPS) is 50.7. The fourth-order valence-corrected chi connectivity index (χ4v) is 14.0. The molecule has 1 aromatic carbocycles. The molecule has 3 saturated heterocycles. The number of carbonyl (C=O) groups is 3. The summed E-state index contributed by atoms with van der Waals surface area (Å²) in [5.74, 6) is -1.39. The molecular formula is C39H49NO9S. The number of fused-ring (bicyclic) bond motifs is 8. The molecule has 50 heavy (non-hydrogen) atoms. The lowest BCUT2D eigenvalue weighted by Gasteiger charge is -2.65. The first-order valence-corrected chi connectivity index (χ1v) is 19.7. The van der Waals surface area contributed by atoms with Crippen molar-refractivity contribution in [3.63, 3.8) is 0 Å². The second-order valence-corrected chi connectivity index (χ2v) is 18.3. The van der Waals surface area contributed by atoms with Crippen molar-refractivity contribution in [2.24, 2.45) is 34.5 Å². The quantitative estimate of drug-likeness (QED) is 0.175. The van der Waals surface area contributed by atoms with E-state index >= 15 is 0 Å². The molecule has 3 N–H and O–H groups in total. The molecule has 0 amide bonds. The van der Waals surface area contributed by atoms with Gasteiger partial charge in [-0.25, -0.2) is 4.79 Å². The highest BCUT2D eigenvalue weighted by Gasteiger charge is 2.73. The highest BCUT2D eigenvalue weighted by Crippen LogP contribution is 2.70. The minimum absolute atomic E-state index is 0.0214. The third-order valence-electron chi connectivity index (χ3n) is 14.7. The third-order valence-corrected chi connectivity index (χ3v) is 16.4. The fraction of sp³-hybridized carbons (Fsp3) is 0.718. The number of nitrogens with one attached hydrogen (secondary N) is 1. The van der Waals surface area contributed by atoms with Crippen LogP contribution in [0.5, 0.6) is 0 Å². The van der Waals surface area contributed by atoms with Crippen LogP contribution in [0.4, 0.5) is 0 Å². The van der Waals surface area contributed by atoms with Gasteiger partial charge in [-0.1, -0.05) is 37.3 Å². The van der Waals surface area contributed by atoms with E-state index in [1.54, 1.807) is 17.8 Å². The van der Waals surface area contributed by atoms with Crippen molar-refractivity contribution in [1.29, 1.82) is 0 Å². The average Bonchev–Trinajstić information content (AvgIpc) is 3.79. The zero-order valence-electron chi connectivity index (χ0n) is 28.9. The van der Waals surface area contributed by atoms with E-state index in [2.05, 4.69) is 12.2 Å². The zero-order valence-corrected chi connectivity index (χ0v) is 29.7. The van der Waals surface area contributed by atoms with Crippen LogP contribution in [0, 0.1) is 34.5 Å². The van der Waals surface area contributed by atoms with E-state index in [4.69, 9.17) is 18.9 Å². The summed E-state index contributed by atoms with van der Waals surface area (Å²) >= 11 is 1.57. The van der Waals surface area contributed by atoms with Gasteiger partial charge < -0.3 is 34.0 Å². The van der Waals surface area contributed by atoms with Gasteiger partial charge in [0.15, 0.2) is 5.78 Å². The highest BCUT2D eigenvalue weighted by molar-refractivity contribution is 8.01. The van der Waals surface area contributed by atoms with Crippen molar-refractivity contribution >= 4 is 29.8 Å². The number of aliphatic hydroxyl groups is 2. The SMILES string of the molecule is C[C@@H]1C[C@@]2(N[C@@H](CC(=O)c3ccccc3)CS2)[C@]2(O)O[C@@H]3C[C@@]4(C=O)[C@@H](CC[C@@H]5[C@@H]4CC[C@]4(C)[C@@H](C6=CC(=O)OC6)CC[C@]54O)C[C@H]3O[C@@H]2O1. The molecule has 7 fully saturated rings. The molecule has 4 heterocycles. The number of thioether (sulfide) groups is 1. The first kappa shape index (κ1) is 33.7. The van der Waals surface area contributed by atoms with Crippen molar-refractivity contribution in [3.05, 3.63) is 47.5 Å². The number of hydrogen-bond acceptors (Lipinski definition) is 11. The molecule has 14 atom stereocenters. The number of rotatable bonds is 5. The van der Waals surface area contributed by atoms with E-state index in [0.29, 0.717) is 50.0 Å². The van der Waals surface area contributed by atoms with Crippen LogP contribution >= 0.6 is 11.8 Å². The summed E-state index contributed by atoms with van der Waals surface area (Å²) in [5, 5.41) is 28.9. The maximum Gasteiger partial charge on any atom is 0.331 e. The number of carbonyl (C=O) groups excluding carboxylic acids is 3. The van der Waals surface area contributed by atoms with E-state index in [1.165, 1.54) is 0 Å². The molecule has 10 nitrogen and oxygen atoms in total. The fourth-order valence-electron chi connectivity index (χ4n) is 12.4. The average molecular weight is 708 g/mol. The van der Waals surface area contributed by atoms with E-state index < -0.39 is 39.5 Å². The van der Waals surface area contributed by atoms with Crippen LogP contribution in [0.15, 0.2) is 42.0 Å². The Balaban J connectivity index is 0.974. The molecule has 0 radical (unpaired) electrons. The number of ether oxygens (including phenoxy) is 4. The van der Waals surface area contributed by atoms with E-state index in [1.807, 2.05) is 37.3 Å². The summed E-state index contributed by atoms with van der Waals surface area (Å²) in [6, 6.07) is 9.10. The Hall–Kier alpha value is -2.12. The first-order valence-electron chi connectivity index (χ1n) is 18.7. The summed E-state index contributed by atoms with van der Waals surface area (Å²) in [6.07, 6.45) is 7.16. The van der Waals surface area contributed by atoms with Gasteiger partial charge in [0.25, 0.3) is 0 Å². The Bertz CT molecular complexity index is 1610. The predicted octanol–water partition coefficient (Wildman–Crippen LogP) is 4.31. The van der Waals surface area contributed by atoms with Gasteiger partial charge in [-0.3, -0.25) is 10.1 Å². The Morgan fingerprint density at radius 1 is 1.04 bits per heavy atom. The van der Waals surface area contributed by atoms with Gasteiger partial charge in [0.05, 0.1) is 23.9 Å². The molecular weight excluding hydrogens is 658 g/mol. The number of ketones is 1. The second kappa shape index (κ2) is 11.7. The molecule has 0 unspecified atom stereocenters. The zero-order chi connectivity index (χ0) is 34.7. The lowest BCUT2D eigenvalue weighted by Crippen LogP contribution is -2.76. The van der Waals surface area contributed by atoms with Crippen LogP contribution in [0.1, 0.15) is 88.4 Å². The monoisotopic (exact) mass is 707 g/mol. The molecule has 4 saturated carbocycles. The topological polar surface area (TPSA) is 141 Å². The third kappa shape index (κ3) is 4.66. The number of hydrogen-bond donors (Lipinski definition) is 3. The minimum atomic E-state index is -1.84. The second-order valence-electron chi connectivity index (χ2n) is 16.9. The Labute approximate surface area is 297 Å². The van der Waals surface area contributed by atoms with Gasteiger partial charge in [0, 0.05) is 47.1 Å². The number of aldehydes is 1. The Morgan fingerprint density at radius 2 is 1.86 bits per heavy atom. The predicted molar refractivity (Wildman–Crippen MR) is 183 cm³/mol. The molecule has 8 aliphatic rings. The molecule has 0 aromatic heterocycles. The van der Waals surface area contributed by atoms with Crippen LogP contribution in [-0.4, -0.2) is 87.5 Å². The lowest BCUT2D eigenvalue weighted by molar-refractivity contribution is -0.448. The van der Waals surface area contributed by atoms with Gasteiger partial charge in [0.2, 0.25) is 12.1 Å². The summed E-state index contributed by atoms with van der Waals surface area (Å²) in [6.45, 7) is 4.46. The van der Waals surface area contributed by atoms with Crippen LogP contribution in [0.3, 0.4) is 0 Å². The van der Waals surface area contributed by atoms with Crippen LogP contribution in [0.25, 0.3) is 0 Å². The van der Waals surface area contributed by atoms with Gasteiger partial charge in [-0.2, -0.15) is 0 Å².